The van der Waals surface area contributed by atoms with Gasteiger partial charge in [0.15, 0.2) is 5.82 Å². The minimum Gasteiger partial charge on any atom is -0.324 e. The van der Waals surface area contributed by atoms with Crippen molar-refractivity contribution in [3.63, 3.8) is 0 Å². The minimum absolute atomic E-state index is 0.146. The van der Waals surface area contributed by atoms with Gasteiger partial charge in [0.05, 0.1) is 7.05 Å². The molecule has 90 valence electrons. The lowest BCUT2D eigenvalue weighted by molar-refractivity contribution is 0.622. The van der Waals surface area contributed by atoms with E-state index >= 15 is 0 Å². The third-order valence-corrected chi connectivity index (χ3v) is 2.62. The molecule has 0 aromatic carbocycles. The number of hydrogen-bond donors (Lipinski definition) is 1. The molecule has 6 nitrogen and oxygen atoms in total. The van der Waals surface area contributed by atoms with Crippen molar-refractivity contribution in [3.8, 4) is 0 Å². The van der Waals surface area contributed by atoms with Crippen LogP contribution < -0.4 is 5.73 Å². The van der Waals surface area contributed by atoms with Crippen LogP contribution in [-0.2, 0) is 13.5 Å². The molecular formula is C11H16N6. The Morgan fingerprint density at radius 1 is 1.35 bits per heavy atom. The van der Waals surface area contributed by atoms with Crippen molar-refractivity contribution in [3.05, 3.63) is 34.9 Å². The standard InChI is InChI=1S/C11H16N6/c1-7-4-5-9(8(2)13-7)10(12)6-11-14-16-17(3)15-11/h4-5,10H,6,12H2,1-3H3. The van der Waals surface area contributed by atoms with E-state index < -0.39 is 0 Å². The molecule has 0 aliphatic carbocycles. The van der Waals surface area contributed by atoms with Gasteiger partial charge in [0.25, 0.3) is 0 Å². The van der Waals surface area contributed by atoms with Crippen LogP contribution in [0.25, 0.3) is 0 Å². The number of aromatic nitrogens is 5. The number of rotatable bonds is 3. The molecule has 6 heteroatoms. The predicted octanol–water partition coefficient (Wildman–Crippen LogP) is 0.464. The quantitative estimate of drug-likeness (QED) is 0.831. The van der Waals surface area contributed by atoms with Crippen LogP contribution in [0.3, 0.4) is 0 Å². The van der Waals surface area contributed by atoms with Crippen LogP contribution in [0.2, 0.25) is 0 Å². The third-order valence-electron chi connectivity index (χ3n) is 2.62. The average molecular weight is 232 g/mol. The highest BCUT2D eigenvalue weighted by atomic mass is 15.6. The second-order valence-electron chi connectivity index (χ2n) is 4.13. The number of aryl methyl sites for hydroxylation is 3. The molecule has 0 radical (unpaired) electrons. The second kappa shape index (κ2) is 4.58. The lowest BCUT2D eigenvalue weighted by Crippen LogP contribution is -2.16. The number of hydrogen-bond acceptors (Lipinski definition) is 5. The summed E-state index contributed by atoms with van der Waals surface area (Å²) in [6.07, 6.45) is 0.569. The van der Waals surface area contributed by atoms with Crippen molar-refractivity contribution in [2.45, 2.75) is 26.3 Å². The van der Waals surface area contributed by atoms with E-state index in [2.05, 4.69) is 20.4 Å². The molecule has 2 aromatic rings. The van der Waals surface area contributed by atoms with Crippen LogP contribution in [0.5, 0.6) is 0 Å². The molecule has 2 rings (SSSR count). The molecule has 0 bridgehead atoms. The first-order valence-corrected chi connectivity index (χ1v) is 5.49. The van der Waals surface area contributed by atoms with Crippen LogP contribution >= 0.6 is 0 Å². The van der Waals surface area contributed by atoms with E-state index in [1.54, 1.807) is 7.05 Å². The van der Waals surface area contributed by atoms with E-state index in [0.29, 0.717) is 12.2 Å². The van der Waals surface area contributed by atoms with Gasteiger partial charge in [-0.05, 0) is 30.7 Å². The fraction of sp³-hybridized carbons (Fsp3) is 0.455. The van der Waals surface area contributed by atoms with Gasteiger partial charge < -0.3 is 5.73 Å². The summed E-state index contributed by atoms with van der Waals surface area (Å²) in [5.74, 6) is 0.653. The Morgan fingerprint density at radius 3 is 2.71 bits per heavy atom. The first-order chi connectivity index (χ1) is 8.06. The maximum Gasteiger partial charge on any atom is 0.176 e. The Kier molecular flexibility index (Phi) is 3.14. The van der Waals surface area contributed by atoms with Gasteiger partial charge in [-0.25, -0.2) is 0 Å². The Hall–Kier alpha value is -1.82. The molecule has 0 saturated heterocycles. The summed E-state index contributed by atoms with van der Waals surface area (Å²) >= 11 is 0. The fourth-order valence-electron chi connectivity index (χ4n) is 1.80. The lowest BCUT2D eigenvalue weighted by atomic mass is 10.0. The van der Waals surface area contributed by atoms with Crippen molar-refractivity contribution in [2.75, 3.05) is 0 Å². The highest BCUT2D eigenvalue weighted by Crippen LogP contribution is 2.17. The molecule has 0 spiro atoms. The Bertz CT molecular complexity index is 518. The number of pyridine rings is 1. The molecule has 17 heavy (non-hydrogen) atoms. The van der Waals surface area contributed by atoms with E-state index in [4.69, 9.17) is 5.73 Å². The van der Waals surface area contributed by atoms with Crippen LogP contribution in [-0.4, -0.2) is 25.2 Å². The minimum atomic E-state index is -0.146. The van der Waals surface area contributed by atoms with Crippen LogP contribution in [0, 0.1) is 13.8 Å². The Morgan fingerprint density at radius 2 is 2.12 bits per heavy atom. The normalized spacial score (nSPS) is 12.7. The van der Waals surface area contributed by atoms with Gasteiger partial charge in [0.2, 0.25) is 0 Å². The van der Waals surface area contributed by atoms with Gasteiger partial charge in [0, 0.05) is 23.9 Å². The van der Waals surface area contributed by atoms with Crippen molar-refractivity contribution >= 4 is 0 Å². The molecule has 0 saturated carbocycles. The number of nitrogens with zero attached hydrogens (tertiary/aromatic N) is 5. The number of tetrazole rings is 1. The molecule has 0 aliphatic heterocycles. The topological polar surface area (TPSA) is 82.5 Å². The highest BCUT2D eigenvalue weighted by Gasteiger charge is 2.13. The third kappa shape index (κ3) is 2.65. The predicted molar refractivity (Wildman–Crippen MR) is 63.1 cm³/mol. The fourth-order valence-corrected chi connectivity index (χ4v) is 1.80. The van der Waals surface area contributed by atoms with Gasteiger partial charge >= 0.3 is 0 Å². The summed E-state index contributed by atoms with van der Waals surface area (Å²) in [4.78, 5) is 5.83. The maximum absolute atomic E-state index is 6.13. The first kappa shape index (κ1) is 11.7. The summed E-state index contributed by atoms with van der Waals surface area (Å²) in [7, 11) is 1.74. The molecule has 0 aliphatic rings. The summed E-state index contributed by atoms with van der Waals surface area (Å²) in [6, 6.07) is 3.83. The second-order valence-corrected chi connectivity index (χ2v) is 4.13. The van der Waals surface area contributed by atoms with Crippen LogP contribution in [0.4, 0.5) is 0 Å². The monoisotopic (exact) mass is 232 g/mol. The molecular weight excluding hydrogens is 216 g/mol. The zero-order valence-corrected chi connectivity index (χ0v) is 10.3. The van der Waals surface area contributed by atoms with Crippen molar-refractivity contribution in [1.82, 2.24) is 25.2 Å². The van der Waals surface area contributed by atoms with E-state index in [1.165, 1.54) is 4.80 Å². The van der Waals surface area contributed by atoms with Gasteiger partial charge in [0.1, 0.15) is 0 Å². The molecule has 0 fully saturated rings. The zero-order valence-electron chi connectivity index (χ0n) is 10.3. The van der Waals surface area contributed by atoms with E-state index in [0.717, 1.165) is 17.0 Å². The first-order valence-electron chi connectivity index (χ1n) is 5.49. The van der Waals surface area contributed by atoms with Gasteiger partial charge in [-0.15, -0.1) is 10.2 Å². The molecule has 0 amide bonds. The largest absolute Gasteiger partial charge is 0.324 e. The molecule has 1 unspecified atom stereocenters. The van der Waals surface area contributed by atoms with Crippen LogP contribution in [0.1, 0.15) is 28.8 Å². The Labute approximate surface area is 99.9 Å². The van der Waals surface area contributed by atoms with E-state index in [1.807, 2.05) is 26.0 Å². The highest BCUT2D eigenvalue weighted by molar-refractivity contribution is 5.25. The molecule has 1 atom stereocenters. The van der Waals surface area contributed by atoms with E-state index in [-0.39, 0.29) is 6.04 Å². The SMILES string of the molecule is Cc1ccc(C(N)Cc2nnn(C)n2)c(C)n1. The summed E-state index contributed by atoms with van der Waals surface area (Å²) in [5, 5.41) is 11.8. The summed E-state index contributed by atoms with van der Waals surface area (Å²) in [5.41, 5.74) is 9.12. The summed E-state index contributed by atoms with van der Waals surface area (Å²) < 4.78 is 0. The van der Waals surface area contributed by atoms with Gasteiger partial charge in [-0.2, -0.15) is 4.80 Å². The molecule has 2 aromatic heterocycles. The van der Waals surface area contributed by atoms with Gasteiger partial charge in [-0.3, -0.25) is 4.98 Å². The maximum atomic E-state index is 6.13. The van der Waals surface area contributed by atoms with Crippen LogP contribution in [0.15, 0.2) is 12.1 Å². The Balaban J connectivity index is 2.17. The molecule has 2 N–H and O–H groups in total. The van der Waals surface area contributed by atoms with Crippen molar-refractivity contribution in [2.24, 2.45) is 12.8 Å². The molecule has 2 heterocycles. The average Bonchev–Trinajstić information content (AvgIpc) is 2.63. The van der Waals surface area contributed by atoms with Crippen molar-refractivity contribution < 1.29 is 0 Å². The lowest BCUT2D eigenvalue weighted by Gasteiger charge is -2.12. The van der Waals surface area contributed by atoms with Gasteiger partial charge in [-0.1, -0.05) is 6.07 Å². The summed E-state index contributed by atoms with van der Waals surface area (Å²) in [6.45, 7) is 3.93. The van der Waals surface area contributed by atoms with E-state index in [9.17, 15) is 0 Å². The van der Waals surface area contributed by atoms with Crippen molar-refractivity contribution in [1.29, 1.82) is 0 Å². The number of nitrogens with two attached hydrogens (primary N) is 1. The zero-order chi connectivity index (χ0) is 12.4. The smallest absolute Gasteiger partial charge is 0.176 e.